The second-order valence-corrected chi connectivity index (χ2v) is 3.37. The molecule has 0 heterocycles. The van der Waals surface area contributed by atoms with E-state index in [1.54, 1.807) is 0 Å². The molecule has 0 saturated heterocycles. The summed E-state index contributed by atoms with van der Waals surface area (Å²) in [5.41, 5.74) is 0. The van der Waals surface area contributed by atoms with Crippen LogP contribution in [0.4, 0.5) is 18.0 Å². The second kappa shape index (κ2) is 4.52. The van der Waals surface area contributed by atoms with Gasteiger partial charge in [0.2, 0.25) is 0 Å². The van der Waals surface area contributed by atoms with Crippen molar-refractivity contribution in [1.29, 1.82) is 0 Å². The molecule has 0 aromatic rings. The molecule has 0 unspecified atom stereocenters. The van der Waals surface area contributed by atoms with Crippen molar-refractivity contribution in [2.75, 3.05) is 13.2 Å². The van der Waals surface area contributed by atoms with E-state index in [0.717, 1.165) is 19.3 Å². The fourth-order valence-electron chi connectivity index (χ4n) is 1.12. The lowest BCUT2D eigenvalue weighted by molar-refractivity contribution is -0.160. The SMILES string of the molecule is O=C(NCC1CCC1)OCC(F)(F)F. The predicted molar refractivity (Wildman–Crippen MR) is 42.7 cm³/mol. The van der Waals surface area contributed by atoms with Gasteiger partial charge in [0.1, 0.15) is 0 Å². The first kappa shape index (κ1) is 11.1. The minimum absolute atomic E-state index is 0.411. The number of hydrogen-bond donors (Lipinski definition) is 1. The van der Waals surface area contributed by atoms with Crippen molar-refractivity contribution in [3.8, 4) is 0 Å². The molecule has 1 saturated carbocycles. The zero-order chi connectivity index (χ0) is 10.6. The molecule has 6 heteroatoms. The summed E-state index contributed by atoms with van der Waals surface area (Å²) in [6.45, 7) is -1.11. The van der Waals surface area contributed by atoms with E-state index >= 15 is 0 Å². The highest BCUT2D eigenvalue weighted by Crippen LogP contribution is 2.25. The molecule has 14 heavy (non-hydrogen) atoms. The highest BCUT2D eigenvalue weighted by Gasteiger charge is 2.29. The molecule has 82 valence electrons. The first-order valence-electron chi connectivity index (χ1n) is 4.45. The molecule has 0 aromatic heterocycles. The highest BCUT2D eigenvalue weighted by atomic mass is 19.4. The Morgan fingerprint density at radius 3 is 2.50 bits per heavy atom. The van der Waals surface area contributed by atoms with E-state index in [9.17, 15) is 18.0 Å². The van der Waals surface area contributed by atoms with Crippen LogP contribution in [0.1, 0.15) is 19.3 Å². The van der Waals surface area contributed by atoms with Gasteiger partial charge >= 0.3 is 12.3 Å². The molecule has 1 fully saturated rings. The van der Waals surface area contributed by atoms with Gasteiger partial charge in [0.25, 0.3) is 0 Å². The first-order chi connectivity index (χ1) is 6.47. The molecule has 0 aliphatic heterocycles. The number of carbonyl (C=O) groups excluding carboxylic acids is 1. The van der Waals surface area contributed by atoms with E-state index in [1.807, 2.05) is 0 Å². The minimum Gasteiger partial charge on any atom is -0.440 e. The summed E-state index contributed by atoms with van der Waals surface area (Å²) in [6.07, 6.45) is -2.26. The zero-order valence-corrected chi connectivity index (χ0v) is 7.56. The van der Waals surface area contributed by atoms with Gasteiger partial charge in [0, 0.05) is 6.54 Å². The van der Waals surface area contributed by atoms with Gasteiger partial charge in [-0.3, -0.25) is 0 Å². The number of amides is 1. The van der Waals surface area contributed by atoms with E-state index in [-0.39, 0.29) is 0 Å². The van der Waals surface area contributed by atoms with Crippen LogP contribution < -0.4 is 5.32 Å². The molecule has 3 nitrogen and oxygen atoms in total. The summed E-state index contributed by atoms with van der Waals surface area (Å²) in [5, 5.41) is 2.30. The molecule has 0 aromatic carbocycles. The van der Waals surface area contributed by atoms with Crippen LogP contribution in [0, 0.1) is 5.92 Å². The lowest BCUT2D eigenvalue weighted by atomic mass is 9.85. The summed E-state index contributed by atoms with van der Waals surface area (Å²) in [6, 6.07) is 0. The number of carbonyl (C=O) groups is 1. The maximum atomic E-state index is 11.6. The third kappa shape index (κ3) is 4.34. The molecule has 0 bridgehead atoms. The Kier molecular flexibility index (Phi) is 3.60. The van der Waals surface area contributed by atoms with E-state index in [1.165, 1.54) is 0 Å². The van der Waals surface area contributed by atoms with E-state index < -0.39 is 18.9 Å². The summed E-state index contributed by atoms with van der Waals surface area (Å²) in [4.78, 5) is 10.7. The molecule has 0 radical (unpaired) electrons. The van der Waals surface area contributed by atoms with Gasteiger partial charge in [0.15, 0.2) is 6.61 Å². The van der Waals surface area contributed by atoms with Gasteiger partial charge in [-0.15, -0.1) is 0 Å². The molecular formula is C8H12F3NO2. The van der Waals surface area contributed by atoms with Crippen LogP contribution in [0.2, 0.25) is 0 Å². The number of nitrogens with one attached hydrogen (secondary N) is 1. The average molecular weight is 211 g/mol. The molecule has 1 N–H and O–H groups in total. The topological polar surface area (TPSA) is 38.3 Å². The monoisotopic (exact) mass is 211 g/mol. The standard InChI is InChI=1S/C8H12F3NO2/c9-8(10,11)5-14-7(13)12-4-6-2-1-3-6/h6H,1-5H2,(H,12,13). The van der Waals surface area contributed by atoms with Gasteiger partial charge in [-0.1, -0.05) is 6.42 Å². The number of rotatable bonds is 3. The van der Waals surface area contributed by atoms with E-state index in [4.69, 9.17) is 0 Å². The van der Waals surface area contributed by atoms with Crippen LogP contribution in [0.15, 0.2) is 0 Å². The van der Waals surface area contributed by atoms with Crippen molar-refractivity contribution in [3.05, 3.63) is 0 Å². The summed E-state index contributed by atoms with van der Waals surface area (Å²) < 4.78 is 38.7. The van der Waals surface area contributed by atoms with E-state index in [2.05, 4.69) is 10.1 Å². The van der Waals surface area contributed by atoms with Crippen molar-refractivity contribution >= 4 is 6.09 Å². The zero-order valence-electron chi connectivity index (χ0n) is 7.56. The van der Waals surface area contributed by atoms with Crippen LogP contribution in [0.5, 0.6) is 0 Å². The fourth-order valence-corrected chi connectivity index (χ4v) is 1.12. The van der Waals surface area contributed by atoms with Crippen LogP contribution >= 0.6 is 0 Å². The van der Waals surface area contributed by atoms with Crippen LogP contribution in [-0.2, 0) is 4.74 Å². The summed E-state index contributed by atoms with van der Waals surface area (Å²) in [5.74, 6) is 0.411. The Balaban J connectivity index is 2.03. The van der Waals surface area contributed by atoms with Crippen LogP contribution in [-0.4, -0.2) is 25.4 Å². The van der Waals surface area contributed by atoms with E-state index in [0.29, 0.717) is 12.5 Å². The number of hydrogen-bond acceptors (Lipinski definition) is 2. The van der Waals surface area contributed by atoms with Crippen molar-refractivity contribution in [1.82, 2.24) is 5.32 Å². The smallest absolute Gasteiger partial charge is 0.422 e. The number of halogens is 3. The Hall–Kier alpha value is -0.940. The Morgan fingerprint density at radius 2 is 2.07 bits per heavy atom. The molecule has 1 rings (SSSR count). The molecular weight excluding hydrogens is 199 g/mol. The summed E-state index contributed by atoms with van der Waals surface area (Å²) >= 11 is 0. The predicted octanol–water partition coefficient (Wildman–Crippen LogP) is 2.08. The van der Waals surface area contributed by atoms with Gasteiger partial charge < -0.3 is 10.1 Å². The number of alkyl carbamates (subject to hydrolysis) is 1. The Labute approximate surface area is 79.6 Å². The second-order valence-electron chi connectivity index (χ2n) is 3.37. The van der Waals surface area contributed by atoms with Crippen LogP contribution in [0.25, 0.3) is 0 Å². The van der Waals surface area contributed by atoms with Crippen molar-refractivity contribution < 1.29 is 22.7 Å². The Morgan fingerprint density at radius 1 is 1.43 bits per heavy atom. The minimum atomic E-state index is -4.45. The van der Waals surface area contributed by atoms with Crippen LogP contribution in [0.3, 0.4) is 0 Å². The van der Waals surface area contributed by atoms with Gasteiger partial charge in [-0.2, -0.15) is 13.2 Å². The molecule has 0 atom stereocenters. The third-order valence-electron chi connectivity index (χ3n) is 2.13. The quantitative estimate of drug-likeness (QED) is 0.776. The third-order valence-corrected chi connectivity index (χ3v) is 2.13. The van der Waals surface area contributed by atoms with Gasteiger partial charge in [0.05, 0.1) is 0 Å². The summed E-state index contributed by atoms with van der Waals surface area (Å²) in [7, 11) is 0. The lowest BCUT2D eigenvalue weighted by Crippen LogP contribution is -2.34. The lowest BCUT2D eigenvalue weighted by Gasteiger charge is -2.25. The molecule has 1 aliphatic carbocycles. The maximum absolute atomic E-state index is 11.6. The van der Waals surface area contributed by atoms with Gasteiger partial charge in [-0.05, 0) is 18.8 Å². The van der Waals surface area contributed by atoms with Crippen molar-refractivity contribution in [3.63, 3.8) is 0 Å². The normalized spacial score (nSPS) is 17.4. The molecule has 0 spiro atoms. The number of alkyl halides is 3. The van der Waals surface area contributed by atoms with Crippen molar-refractivity contribution in [2.45, 2.75) is 25.4 Å². The fraction of sp³-hybridized carbons (Fsp3) is 0.875. The highest BCUT2D eigenvalue weighted by molar-refractivity contribution is 5.67. The number of ether oxygens (including phenoxy) is 1. The molecule has 1 aliphatic rings. The average Bonchev–Trinajstić information content (AvgIpc) is 1.96. The first-order valence-corrected chi connectivity index (χ1v) is 4.45. The molecule has 1 amide bonds. The van der Waals surface area contributed by atoms with Gasteiger partial charge in [-0.25, -0.2) is 4.79 Å². The maximum Gasteiger partial charge on any atom is 0.422 e. The van der Waals surface area contributed by atoms with Crippen molar-refractivity contribution in [2.24, 2.45) is 5.92 Å². The largest absolute Gasteiger partial charge is 0.440 e. The Bertz CT molecular complexity index is 201.